The summed E-state index contributed by atoms with van der Waals surface area (Å²) in [6.07, 6.45) is 7.57. The van der Waals surface area contributed by atoms with Crippen LogP contribution in [-0.4, -0.2) is 6.54 Å². The predicted molar refractivity (Wildman–Crippen MR) is 64.7 cm³/mol. The Bertz CT molecular complexity index is 340. The molecule has 1 aromatic carbocycles. The van der Waals surface area contributed by atoms with Crippen LogP contribution < -0.4 is 5.32 Å². The fourth-order valence-electron chi connectivity index (χ4n) is 1.95. The molecule has 0 heterocycles. The average molecular weight is 252 g/mol. The first-order valence-electron chi connectivity index (χ1n) is 4.66. The van der Waals surface area contributed by atoms with Crippen molar-refractivity contribution in [3.05, 3.63) is 35.4 Å². The van der Waals surface area contributed by atoms with E-state index in [0.29, 0.717) is 12.6 Å². The molecule has 1 nitrogen and oxygen atoms in total. The quantitative estimate of drug-likeness (QED) is 0.797. The maximum atomic E-state index is 5.21. The third kappa shape index (κ3) is 2.17. The first-order chi connectivity index (χ1) is 6.42. The normalized spacial score (nSPS) is 18.1. The minimum atomic E-state index is 0. The zero-order chi connectivity index (χ0) is 9.10. The van der Waals surface area contributed by atoms with Crippen LogP contribution in [-0.2, 0) is 6.42 Å². The van der Waals surface area contributed by atoms with Crippen molar-refractivity contribution in [3.63, 3.8) is 0 Å². The molecule has 2 rings (SSSR count). The molecule has 1 aliphatic carbocycles. The van der Waals surface area contributed by atoms with Crippen LogP contribution in [0.15, 0.2) is 24.3 Å². The molecule has 0 amide bonds. The number of aryl methyl sites for hydroxylation is 1. The number of halogens is 1. The summed E-state index contributed by atoms with van der Waals surface area (Å²) in [7, 11) is 0. The second-order valence-electron chi connectivity index (χ2n) is 3.38. The van der Waals surface area contributed by atoms with Crippen molar-refractivity contribution in [3.8, 4) is 12.3 Å². The van der Waals surface area contributed by atoms with Crippen molar-refractivity contribution in [1.82, 2.24) is 5.32 Å². The molecule has 0 spiro atoms. The van der Waals surface area contributed by atoms with Gasteiger partial charge in [-0.05, 0) is 24.0 Å². The van der Waals surface area contributed by atoms with Gasteiger partial charge in [0.2, 0.25) is 0 Å². The molecular formula is C12H14BrN. The molecule has 1 aromatic rings. The molecule has 14 heavy (non-hydrogen) atoms. The van der Waals surface area contributed by atoms with Crippen molar-refractivity contribution in [1.29, 1.82) is 0 Å². The van der Waals surface area contributed by atoms with Crippen molar-refractivity contribution in [2.24, 2.45) is 0 Å². The zero-order valence-corrected chi connectivity index (χ0v) is 9.71. The molecule has 0 saturated carbocycles. The van der Waals surface area contributed by atoms with Gasteiger partial charge >= 0.3 is 0 Å². The standard InChI is InChI=1S/C12H13N.BrH/c1-2-9-13-12-8-7-10-5-3-4-6-11(10)12;/h1,3-6,12-13H,7-9H2;1H/t12-;/m1./s1. The molecule has 1 aliphatic rings. The fourth-order valence-corrected chi connectivity index (χ4v) is 1.95. The number of terminal acetylenes is 1. The highest BCUT2D eigenvalue weighted by Gasteiger charge is 2.20. The van der Waals surface area contributed by atoms with E-state index in [9.17, 15) is 0 Å². The van der Waals surface area contributed by atoms with E-state index in [1.807, 2.05) is 0 Å². The lowest BCUT2D eigenvalue weighted by molar-refractivity contribution is 0.568. The Morgan fingerprint density at radius 1 is 1.43 bits per heavy atom. The van der Waals surface area contributed by atoms with Gasteiger partial charge in [0.15, 0.2) is 0 Å². The molecule has 0 aliphatic heterocycles. The van der Waals surface area contributed by atoms with Gasteiger partial charge in [-0.25, -0.2) is 0 Å². The van der Waals surface area contributed by atoms with Gasteiger partial charge in [-0.1, -0.05) is 30.2 Å². The highest BCUT2D eigenvalue weighted by atomic mass is 79.9. The predicted octanol–water partition coefficient (Wildman–Crippen LogP) is 2.47. The number of nitrogens with one attached hydrogen (secondary N) is 1. The van der Waals surface area contributed by atoms with Gasteiger partial charge in [0.1, 0.15) is 0 Å². The monoisotopic (exact) mass is 251 g/mol. The van der Waals surface area contributed by atoms with Gasteiger partial charge in [-0.3, -0.25) is 5.32 Å². The van der Waals surface area contributed by atoms with E-state index in [1.165, 1.54) is 24.0 Å². The third-order valence-electron chi connectivity index (χ3n) is 2.58. The van der Waals surface area contributed by atoms with Gasteiger partial charge in [0.25, 0.3) is 0 Å². The largest absolute Gasteiger partial charge is 0.299 e. The van der Waals surface area contributed by atoms with Gasteiger partial charge in [0, 0.05) is 6.04 Å². The molecule has 0 bridgehead atoms. The maximum Gasteiger partial charge on any atom is 0.0578 e. The Labute approximate surface area is 95.7 Å². The lowest BCUT2D eigenvalue weighted by Gasteiger charge is -2.10. The Hall–Kier alpha value is -0.780. The van der Waals surface area contributed by atoms with Crippen molar-refractivity contribution < 1.29 is 0 Å². The fraction of sp³-hybridized carbons (Fsp3) is 0.333. The van der Waals surface area contributed by atoms with E-state index in [4.69, 9.17) is 6.42 Å². The van der Waals surface area contributed by atoms with Crippen LogP contribution in [0.2, 0.25) is 0 Å². The Balaban J connectivity index is 0.000000980. The number of fused-ring (bicyclic) bond motifs is 1. The Morgan fingerprint density at radius 3 is 3.00 bits per heavy atom. The molecule has 0 radical (unpaired) electrons. The van der Waals surface area contributed by atoms with Crippen LogP contribution in [0.5, 0.6) is 0 Å². The Morgan fingerprint density at radius 2 is 2.21 bits per heavy atom. The average Bonchev–Trinajstić information content (AvgIpc) is 2.58. The van der Waals surface area contributed by atoms with E-state index in [2.05, 4.69) is 35.5 Å². The highest BCUT2D eigenvalue weighted by Crippen LogP contribution is 2.30. The van der Waals surface area contributed by atoms with Gasteiger partial charge < -0.3 is 0 Å². The molecule has 74 valence electrons. The summed E-state index contributed by atoms with van der Waals surface area (Å²) < 4.78 is 0. The molecule has 2 heteroatoms. The number of hydrogen-bond acceptors (Lipinski definition) is 1. The maximum absolute atomic E-state index is 5.21. The number of hydrogen-bond donors (Lipinski definition) is 1. The first-order valence-corrected chi connectivity index (χ1v) is 4.66. The van der Waals surface area contributed by atoms with Crippen LogP contribution >= 0.6 is 17.0 Å². The number of rotatable bonds is 2. The van der Waals surface area contributed by atoms with Crippen LogP contribution in [0.1, 0.15) is 23.6 Å². The van der Waals surface area contributed by atoms with E-state index in [1.54, 1.807) is 0 Å². The van der Waals surface area contributed by atoms with Crippen molar-refractivity contribution in [2.45, 2.75) is 18.9 Å². The lowest BCUT2D eigenvalue weighted by atomic mass is 10.1. The third-order valence-corrected chi connectivity index (χ3v) is 2.58. The molecule has 0 saturated heterocycles. The molecular weight excluding hydrogens is 238 g/mol. The van der Waals surface area contributed by atoms with Gasteiger partial charge in [0.05, 0.1) is 6.54 Å². The van der Waals surface area contributed by atoms with Crippen LogP contribution in [0.3, 0.4) is 0 Å². The smallest absolute Gasteiger partial charge is 0.0578 e. The van der Waals surface area contributed by atoms with E-state index in [0.717, 1.165) is 0 Å². The zero-order valence-electron chi connectivity index (χ0n) is 7.99. The minimum absolute atomic E-state index is 0. The van der Waals surface area contributed by atoms with Gasteiger partial charge in [-0.2, -0.15) is 0 Å². The summed E-state index contributed by atoms with van der Waals surface area (Å²) in [5.41, 5.74) is 2.90. The topological polar surface area (TPSA) is 12.0 Å². The molecule has 0 unspecified atom stereocenters. The van der Waals surface area contributed by atoms with Crippen LogP contribution in [0.4, 0.5) is 0 Å². The minimum Gasteiger partial charge on any atom is -0.299 e. The van der Waals surface area contributed by atoms with Crippen LogP contribution in [0.25, 0.3) is 0 Å². The van der Waals surface area contributed by atoms with E-state index >= 15 is 0 Å². The molecule has 0 fully saturated rings. The SMILES string of the molecule is Br.C#CCN[C@@H]1CCc2ccccc21. The summed E-state index contributed by atoms with van der Waals surface area (Å²) >= 11 is 0. The van der Waals surface area contributed by atoms with Crippen molar-refractivity contribution in [2.75, 3.05) is 6.54 Å². The van der Waals surface area contributed by atoms with E-state index < -0.39 is 0 Å². The highest BCUT2D eigenvalue weighted by molar-refractivity contribution is 8.93. The molecule has 1 N–H and O–H groups in total. The summed E-state index contributed by atoms with van der Waals surface area (Å²) in [5.74, 6) is 2.61. The van der Waals surface area contributed by atoms with E-state index in [-0.39, 0.29) is 17.0 Å². The first kappa shape index (κ1) is 11.3. The number of benzene rings is 1. The second kappa shape index (κ2) is 5.19. The summed E-state index contributed by atoms with van der Waals surface area (Å²) in [6.45, 7) is 0.666. The summed E-state index contributed by atoms with van der Waals surface area (Å²) in [4.78, 5) is 0. The second-order valence-corrected chi connectivity index (χ2v) is 3.38. The lowest BCUT2D eigenvalue weighted by Crippen LogP contribution is -2.19. The molecule has 0 aromatic heterocycles. The molecule has 1 atom stereocenters. The Kier molecular flexibility index (Phi) is 4.19. The van der Waals surface area contributed by atoms with Crippen molar-refractivity contribution >= 4 is 17.0 Å². The van der Waals surface area contributed by atoms with Gasteiger partial charge in [-0.15, -0.1) is 23.4 Å². The summed E-state index contributed by atoms with van der Waals surface area (Å²) in [5, 5.41) is 3.35. The summed E-state index contributed by atoms with van der Waals surface area (Å²) in [6, 6.07) is 9.06. The van der Waals surface area contributed by atoms with Crippen LogP contribution in [0, 0.1) is 12.3 Å².